The molecule has 0 aliphatic rings. The lowest BCUT2D eigenvalue weighted by Gasteiger charge is -2.40. The zero-order valence-corrected chi connectivity index (χ0v) is 28.0. The summed E-state index contributed by atoms with van der Waals surface area (Å²) in [4.78, 5) is 43.7. The lowest BCUT2D eigenvalue weighted by molar-refractivity contribution is -0.144. The fraction of sp³-hybridized carbons (Fsp3) is 0.571. The number of ether oxygens (including phenoxy) is 2. The predicted molar refractivity (Wildman–Crippen MR) is 173 cm³/mol. The first-order valence-electron chi connectivity index (χ1n) is 15.4. The number of benzene rings is 2. The summed E-state index contributed by atoms with van der Waals surface area (Å²) in [6.45, 7) is 19.5. The van der Waals surface area contributed by atoms with Crippen LogP contribution in [0.3, 0.4) is 0 Å². The summed E-state index contributed by atoms with van der Waals surface area (Å²) >= 11 is 0. The third kappa shape index (κ3) is 10.6. The molecule has 8 heteroatoms. The van der Waals surface area contributed by atoms with Gasteiger partial charge >= 0.3 is 6.09 Å². The van der Waals surface area contributed by atoms with E-state index in [2.05, 4.69) is 24.5 Å². The minimum Gasteiger partial charge on any atom is -0.497 e. The molecule has 0 aliphatic carbocycles. The van der Waals surface area contributed by atoms with Crippen LogP contribution >= 0.6 is 0 Å². The van der Waals surface area contributed by atoms with Gasteiger partial charge in [0.15, 0.2) is 0 Å². The molecule has 2 aromatic carbocycles. The normalized spacial score (nSPS) is 14.3. The van der Waals surface area contributed by atoms with Crippen LogP contribution in [0.2, 0.25) is 0 Å². The Hall–Kier alpha value is -3.55. The zero-order valence-electron chi connectivity index (χ0n) is 28.0. The van der Waals surface area contributed by atoms with Crippen molar-refractivity contribution in [3.05, 3.63) is 59.2 Å². The number of hydrogen-bond donors (Lipinski definition) is 2. The van der Waals surface area contributed by atoms with Crippen LogP contribution in [-0.4, -0.2) is 47.6 Å². The second-order valence-corrected chi connectivity index (χ2v) is 13.1. The number of hydrogen-bond acceptors (Lipinski definition) is 5. The summed E-state index contributed by atoms with van der Waals surface area (Å²) in [5.74, 6) is 0.239. The minimum absolute atomic E-state index is 0.204. The molecule has 2 N–H and O–H groups in total. The first kappa shape index (κ1) is 35.6. The molecular weight excluding hydrogens is 542 g/mol. The molecule has 4 atom stereocenters. The Morgan fingerprint density at radius 1 is 0.930 bits per heavy atom. The highest BCUT2D eigenvalue weighted by atomic mass is 16.6. The van der Waals surface area contributed by atoms with E-state index < -0.39 is 23.8 Å². The van der Waals surface area contributed by atoms with Gasteiger partial charge in [0.25, 0.3) is 5.91 Å². The number of aryl methyl sites for hydroxylation is 2. The lowest BCUT2D eigenvalue weighted by atomic mass is 9.91. The van der Waals surface area contributed by atoms with Crippen LogP contribution in [0.15, 0.2) is 42.5 Å². The maximum atomic E-state index is 14.7. The highest BCUT2D eigenvalue weighted by Gasteiger charge is 2.41. The standard InChI is InChI=1S/C35H53N3O5/c1-12-24(5)30(37-34(41)43-35(8,9)10)33(40)38(26(7)15-13-22(2)3)31(29-20-14-23(4)21-25(29)6)32(39)36-27-16-18-28(42-11)19-17-27/h14,16-22,24,26,30-31H,12-13,15H2,1-11H3,(H,36,39)(H,37,41). The van der Waals surface area contributed by atoms with Crippen molar-refractivity contribution in [2.75, 3.05) is 12.4 Å². The molecule has 0 aliphatic heterocycles. The van der Waals surface area contributed by atoms with E-state index in [1.54, 1.807) is 57.0 Å². The smallest absolute Gasteiger partial charge is 0.408 e. The van der Waals surface area contributed by atoms with Gasteiger partial charge in [0.05, 0.1) is 7.11 Å². The molecule has 0 saturated heterocycles. The Labute approximate surface area is 258 Å². The molecule has 8 nitrogen and oxygen atoms in total. The quantitative estimate of drug-likeness (QED) is 0.249. The van der Waals surface area contributed by atoms with Crippen LogP contribution in [0, 0.1) is 25.7 Å². The molecule has 238 valence electrons. The highest BCUT2D eigenvalue weighted by Crippen LogP contribution is 2.32. The molecule has 0 spiro atoms. The summed E-state index contributed by atoms with van der Waals surface area (Å²) in [6, 6.07) is 10.9. The van der Waals surface area contributed by atoms with Gasteiger partial charge in [-0.1, -0.05) is 57.9 Å². The predicted octanol–water partition coefficient (Wildman–Crippen LogP) is 7.58. The van der Waals surface area contributed by atoms with Crippen molar-refractivity contribution in [1.82, 2.24) is 10.2 Å². The second kappa shape index (κ2) is 15.8. The van der Waals surface area contributed by atoms with E-state index in [0.29, 0.717) is 30.2 Å². The summed E-state index contributed by atoms with van der Waals surface area (Å²) in [6.07, 6.45) is 1.55. The van der Waals surface area contributed by atoms with Gasteiger partial charge in [0.1, 0.15) is 23.4 Å². The molecule has 0 heterocycles. The highest BCUT2D eigenvalue weighted by molar-refractivity contribution is 5.99. The van der Waals surface area contributed by atoms with E-state index in [0.717, 1.165) is 23.1 Å². The largest absolute Gasteiger partial charge is 0.497 e. The van der Waals surface area contributed by atoms with Crippen LogP contribution in [0.25, 0.3) is 0 Å². The van der Waals surface area contributed by atoms with Crippen molar-refractivity contribution >= 4 is 23.6 Å². The molecule has 4 unspecified atom stereocenters. The first-order chi connectivity index (χ1) is 20.1. The van der Waals surface area contributed by atoms with Crippen LogP contribution < -0.4 is 15.4 Å². The van der Waals surface area contributed by atoms with Crippen molar-refractivity contribution in [2.45, 2.75) is 112 Å². The van der Waals surface area contributed by atoms with E-state index in [1.165, 1.54) is 0 Å². The van der Waals surface area contributed by atoms with Crippen molar-refractivity contribution in [3.8, 4) is 5.75 Å². The van der Waals surface area contributed by atoms with Gasteiger partial charge in [-0.25, -0.2) is 4.79 Å². The summed E-state index contributed by atoms with van der Waals surface area (Å²) in [5.41, 5.74) is 2.57. The molecule has 2 aromatic rings. The van der Waals surface area contributed by atoms with Crippen molar-refractivity contribution in [1.29, 1.82) is 0 Å². The number of methoxy groups -OCH3 is 1. The molecule has 0 aromatic heterocycles. The number of alkyl carbamates (subject to hydrolysis) is 1. The molecule has 0 fully saturated rings. The van der Waals surface area contributed by atoms with Crippen molar-refractivity contribution < 1.29 is 23.9 Å². The summed E-state index contributed by atoms with van der Waals surface area (Å²) < 4.78 is 10.8. The summed E-state index contributed by atoms with van der Waals surface area (Å²) in [5, 5.41) is 5.90. The minimum atomic E-state index is -0.940. The number of carbonyl (C=O) groups is 3. The average molecular weight is 596 g/mol. The fourth-order valence-electron chi connectivity index (χ4n) is 5.03. The molecule has 3 amide bonds. The van der Waals surface area contributed by atoms with Gasteiger partial charge in [-0.2, -0.15) is 0 Å². The van der Waals surface area contributed by atoms with E-state index in [1.807, 2.05) is 52.8 Å². The first-order valence-corrected chi connectivity index (χ1v) is 15.4. The Kier molecular flexibility index (Phi) is 13.1. The van der Waals surface area contributed by atoms with Crippen LogP contribution in [0.4, 0.5) is 10.5 Å². The number of nitrogens with zero attached hydrogens (tertiary/aromatic N) is 1. The number of rotatable bonds is 13. The molecule has 2 rings (SSSR count). The molecule has 0 saturated carbocycles. The monoisotopic (exact) mass is 595 g/mol. The molecule has 43 heavy (non-hydrogen) atoms. The van der Waals surface area contributed by atoms with Gasteiger partial charge in [0.2, 0.25) is 5.91 Å². The van der Waals surface area contributed by atoms with Crippen molar-refractivity contribution in [2.24, 2.45) is 11.8 Å². The Morgan fingerprint density at radius 3 is 2.07 bits per heavy atom. The Morgan fingerprint density at radius 2 is 1.56 bits per heavy atom. The lowest BCUT2D eigenvalue weighted by Crippen LogP contribution is -2.57. The van der Waals surface area contributed by atoms with Gasteiger partial charge in [0, 0.05) is 11.7 Å². The van der Waals surface area contributed by atoms with E-state index in [4.69, 9.17) is 9.47 Å². The number of amides is 3. The van der Waals surface area contributed by atoms with Crippen LogP contribution in [0.5, 0.6) is 5.75 Å². The molecular formula is C35H53N3O5. The third-order valence-corrected chi connectivity index (χ3v) is 7.65. The third-order valence-electron chi connectivity index (χ3n) is 7.65. The number of nitrogens with one attached hydrogen (secondary N) is 2. The molecule has 0 bridgehead atoms. The number of carbonyl (C=O) groups excluding carboxylic acids is 3. The SMILES string of the molecule is CCC(C)C(NC(=O)OC(C)(C)C)C(=O)N(C(C)CCC(C)C)C(C(=O)Nc1ccc(OC)cc1)c1ccc(C)cc1C. The van der Waals surface area contributed by atoms with Gasteiger partial charge in [-0.05, 0) is 102 Å². The summed E-state index contributed by atoms with van der Waals surface area (Å²) in [7, 11) is 1.59. The molecule has 0 radical (unpaired) electrons. The van der Waals surface area contributed by atoms with Crippen LogP contribution in [0.1, 0.15) is 97.4 Å². The topological polar surface area (TPSA) is 97.0 Å². The maximum absolute atomic E-state index is 14.7. The van der Waals surface area contributed by atoms with Gasteiger partial charge in [-0.15, -0.1) is 0 Å². The maximum Gasteiger partial charge on any atom is 0.408 e. The van der Waals surface area contributed by atoms with E-state index >= 15 is 0 Å². The zero-order chi connectivity index (χ0) is 32.5. The van der Waals surface area contributed by atoms with E-state index in [9.17, 15) is 14.4 Å². The van der Waals surface area contributed by atoms with E-state index in [-0.39, 0.29) is 23.8 Å². The van der Waals surface area contributed by atoms with Crippen molar-refractivity contribution in [3.63, 3.8) is 0 Å². The second-order valence-electron chi connectivity index (χ2n) is 13.1. The Balaban J connectivity index is 2.68. The number of anilines is 1. The Bertz CT molecular complexity index is 1220. The fourth-order valence-corrected chi connectivity index (χ4v) is 5.03. The van der Waals surface area contributed by atoms with Gasteiger partial charge < -0.3 is 25.0 Å². The average Bonchev–Trinajstić information content (AvgIpc) is 2.92. The van der Waals surface area contributed by atoms with Crippen LogP contribution in [-0.2, 0) is 14.3 Å². The van der Waals surface area contributed by atoms with Gasteiger partial charge in [-0.3, -0.25) is 9.59 Å².